The predicted octanol–water partition coefficient (Wildman–Crippen LogP) is 1.58. The molecule has 0 saturated carbocycles. The maximum absolute atomic E-state index is 5.58. The number of nitrogens with one attached hydrogen (secondary N) is 1. The summed E-state index contributed by atoms with van der Waals surface area (Å²) in [6.45, 7) is 2.04. The fourth-order valence-corrected chi connectivity index (χ4v) is 2.53. The van der Waals surface area contributed by atoms with Crippen LogP contribution in [0.2, 0.25) is 0 Å². The molecule has 1 aromatic rings. The Hall–Kier alpha value is -0.900. The molecule has 0 fully saturated rings. The highest BCUT2D eigenvalue weighted by Gasteiger charge is 2.17. The fraction of sp³-hybridized carbons (Fsp3) is 0.571. The van der Waals surface area contributed by atoms with Crippen LogP contribution in [0.5, 0.6) is 0 Å². The summed E-state index contributed by atoms with van der Waals surface area (Å²) in [4.78, 5) is 0. The molecule has 3 N–H and O–H groups in total. The molecule has 0 bridgehead atoms. The van der Waals surface area contributed by atoms with Crippen LogP contribution in [-0.4, -0.2) is 19.3 Å². The number of methoxy groups -OCH3 is 1. The van der Waals surface area contributed by atoms with E-state index in [0.29, 0.717) is 0 Å². The molecule has 0 saturated heterocycles. The van der Waals surface area contributed by atoms with Crippen LogP contribution < -0.4 is 11.3 Å². The monoisotopic (exact) mass is 234 g/mol. The zero-order chi connectivity index (χ0) is 12.3. The van der Waals surface area contributed by atoms with Gasteiger partial charge in [-0.1, -0.05) is 18.2 Å². The number of nitrogens with two attached hydrogens (primary N) is 1. The first kappa shape index (κ1) is 12.6. The molecular formula is C14H22N2O. The van der Waals surface area contributed by atoms with Gasteiger partial charge in [-0.25, -0.2) is 0 Å². The molecule has 1 aromatic carbocycles. The molecule has 0 amide bonds. The third-order valence-electron chi connectivity index (χ3n) is 3.77. The van der Waals surface area contributed by atoms with Gasteiger partial charge in [0, 0.05) is 7.11 Å². The van der Waals surface area contributed by atoms with Gasteiger partial charge in [0.15, 0.2) is 0 Å². The molecular weight excluding hydrogens is 212 g/mol. The van der Waals surface area contributed by atoms with Crippen LogP contribution in [0, 0.1) is 0 Å². The van der Waals surface area contributed by atoms with Crippen molar-refractivity contribution in [3.05, 3.63) is 34.9 Å². The second-order valence-electron chi connectivity index (χ2n) is 4.87. The maximum Gasteiger partial charge on any atom is 0.0712 e. The predicted molar refractivity (Wildman–Crippen MR) is 69.8 cm³/mol. The van der Waals surface area contributed by atoms with Crippen molar-refractivity contribution < 1.29 is 4.74 Å². The van der Waals surface area contributed by atoms with E-state index in [1.54, 1.807) is 7.11 Å². The maximum atomic E-state index is 5.58. The van der Waals surface area contributed by atoms with Crippen LogP contribution in [0.25, 0.3) is 0 Å². The summed E-state index contributed by atoms with van der Waals surface area (Å²) in [5, 5.41) is 0. The number of hydrogen-bond donors (Lipinski definition) is 2. The van der Waals surface area contributed by atoms with Crippen molar-refractivity contribution in [3.63, 3.8) is 0 Å². The summed E-state index contributed by atoms with van der Waals surface area (Å²) in [7, 11) is 1.72. The van der Waals surface area contributed by atoms with Crippen LogP contribution in [0.15, 0.2) is 18.2 Å². The molecule has 3 nitrogen and oxygen atoms in total. The zero-order valence-corrected chi connectivity index (χ0v) is 10.7. The lowest BCUT2D eigenvalue weighted by molar-refractivity contribution is 0.0831. The Morgan fingerprint density at radius 2 is 2.12 bits per heavy atom. The molecule has 94 valence electrons. The van der Waals surface area contributed by atoms with Gasteiger partial charge in [-0.05, 0) is 49.3 Å². The van der Waals surface area contributed by atoms with E-state index in [4.69, 9.17) is 10.6 Å². The molecule has 1 aliphatic carbocycles. The van der Waals surface area contributed by atoms with E-state index >= 15 is 0 Å². The first-order chi connectivity index (χ1) is 8.24. The third kappa shape index (κ3) is 2.86. The summed E-state index contributed by atoms with van der Waals surface area (Å²) < 4.78 is 5.33. The first-order valence-corrected chi connectivity index (χ1v) is 6.34. The highest BCUT2D eigenvalue weighted by molar-refractivity contribution is 5.35. The lowest BCUT2D eigenvalue weighted by atomic mass is 9.99. The van der Waals surface area contributed by atoms with Gasteiger partial charge in [-0.15, -0.1) is 0 Å². The molecule has 2 unspecified atom stereocenters. The van der Waals surface area contributed by atoms with Crippen molar-refractivity contribution in [3.8, 4) is 0 Å². The van der Waals surface area contributed by atoms with Crippen LogP contribution in [0.1, 0.15) is 30.0 Å². The van der Waals surface area contributed by atoms with E-state index in [-0.39, 0.29) is 12.1 Å². The average Bonchev–Trinajstić information content (AvgIpc) is 2.82. The Morgan fingerprint density at radius 1 is 1.35 bits per heavy atom. The Morgan fingerprint density at radius 3 is 2.82 bits per heavy atom. The van der Waals surface area contributed by atoms with Gasteiger partial charge in [0.25, 0.3) is 0 Å². The molecule has 2 rings (SSSR count). The van der Waals surface area contributed by atoms with Crippen LogP contribution in [0.4, 0.5) is 0 Å². The third-order valence-corrected chi connectivity index (χ3v) is 3.77. The zero-order valence-electron chi connectivity index (χ0n) is 10.7. The minimum Gasteiger partial charge on any atom is -0.380 e. The molecule has 17 heavy (non-hydrogen) atoms. The lowest BCUT2D eigenvalue weighted by Crippen LogP contribution is -2.45. The molecule has 0 aromatic heterocycles. The molecule has 0 spiro atoms. The summed E-state index contributed by atoms with van der Waals surface area (Å²) in [6, 6.07) is 6.98. The van der Waals surface area contributed by atoms with Gasteiger partial charge in [0.05, 0.1) is 12.1 Å². The minimum absolute atomic E-state index is 0.119. The van der Waals surface area contributed by atoms with Gasteiger partial charge in [-0.2, -0.15) is 0 Å². The Bertz CT molecular complexity index is 378. The van der Waals surface area contributed by atoms with E-state index in [2.05, 4.69) is 23.6 Å². The van der Waals surface area contributed by atoms with E-state index in [1.165, 1.54) is 36.0 Å². The van der Waals surface area contributed by atoms with Crippen molar-refractivity contribution in [1.29, 1.82) is 0 Å². The average molecular weight is 234 g/mol. The van der Waals surface area contributed by atoms with Crippen LogP contribution in [-0.2, 0) is 24.0 Å². The number of benzene rings is 1. The summed E-state index contributed by atoms with van der Waals surface area (Å²) in [5.74, 6) is 5.58. The number of fused-ring (bicyclic) bond motifs is 1. The highest BCUT2D eigenvalue weighted by Crippen LogP contribution is 2.23. The van der Waals surface area contributed by atoms with E-state index in [0.717, 1.165) is 6.42 Å². The van der Waals surface area contributed by atoms with Gasteiger partial charge >= 0.3 is 0 Å². The largest absolute Gasteiger partial charge is 0.380 e. The SMILES string of the molecule is COC(C)C(Cc1ccc2c(c1)CCC2)NN. The van der Waals surface area contributed by atoms with Crippen molar-refractivity contribution in [2.24, 2.45) is 5.84 Å². The molecule has 3 heteroatoms. The molecule has 0 aliphatic heterocycles. The second kappa shape index (κ2) is 5.63. The lowest BCUT2D eigenvalue weighted by Gasteiger charge is -2.22. The topological polar surface area (TPSA) is 47.3 Å². The summed E-state index contributed by atoms with van der Waals surface area (Å²) >= 11 is 0. The van der Waals surface area contributed by atoms with Crippen LogP contribution in [0.3, 0.4) is 0 Å². The summed E-state index contributed by atoms with van der Waals surface area (Å²) in [6.07, 6.45) is 4.80. The van der Waals surface area contributed by atoms with Crippen LogP contribution >= 0.6 is 0 Å². The minimum atomic E-state index is 0.119. The van der Waals surface area contributed by atoms with Gasteiger partial charge in [-0.3, -0.25) is 11.3 Å². The Balaban J connectivity index is 2.07. The number of aryl methyl sites for hydroxylation is 2. The quantitative estimate of drug-likeness (QED) is 0.601. The van der Waals surface area contributed by atoms with Gasteiger partial charge < -0.3 is 4.74 Å². The van der Waals surface area contributed by atoms with E-state index in [1.807, 2.05) is 6.92 Å². The summed E-state index contributed by atoms with van der Waals surface area (Å²) in [5.41, 5.74) is 7.23. The van der Waals surface area contributed by atoms with Crippen molar-refractivity contribution >= 4 is 0 Å². The number of hydrazine groups is 1. The van der Waals surface area contributed by atoms with Crippen molar-refractivity contribution in [2.75, 3.05) is 7.11 Å². The van der Waals surface area contributed by atoms with Gasteiger partial charge in [0.2, 0.25) is 0 Å². The molecule has 0 heterocycles. The van der Waals surface area contributed by atoms with E-state index < -0.39 is 0 Å². The first-order valence-electron chi connectivity index (χ1n) is 6.34. The van der Waals surface area contributed by atoms with E-state index in [9.17, 15) is 0 Å². The number of ether oxygens (including phenoxy) is 1. The Kier molecular flexibility index (Phi) is 4.15. The number of hydrogen-bond acceptors (Lipinski definition) is 3. The molecule has 0 radical (unpaired) electrons. The van der Waals surface area contributed by atoms with Crippen molar-refractivity contribution in [2.45, 2.75) is 44.8 Å². The molecule has 1 aliphatic rings. The highest BCUT2D eigenvalue weighted by atomic mass is 16.5. The second-order valence-corrected chi connectivity index (χ2v) is 4.87. The van der Waals surface area contributed by atoms with Crippen molar-refractivity contribution in [1.82, 2.24) is 5.43 Å². The molecule has 2 atom stereocenters. The smallest absolute Gasteiger partial charge is 0.0712 e. The number of rotatable bonds is 5. The fourth-order valence-electron chi connectivity index (χ4n) is 2.53. The Labute approximate surface area is 103 Å². The van der Waals surface area contributed by atoms with Gasteiger partial charge in [0.1, 0.15) is 0 Å². The normalized spacial score (nSPS) is 17.8. The standard InChI is InChI=1S/C14H22N2O/c1-10(17-2)14(16-15)9-11-6-7-12-4-3-5-13(12)8-11/h6-8,10,14,16H,3-5,9,15H2,1-2H3.